The number of rotatable bonds is 0. The molecule has 22 heavy (non-hydrogen) atoms. The molecule has 1 aromatic rings. The van der Waals surface area contributed by atoms with Gasteiger partial charge in [-0.3, -0.25) is 0 Å². The Balaban J connectivity index is 2.24. The van der Waals surface area contributed by atoms with Crippen molar-refractivity contribution < 1.29 is 0 Å². The number of hydrogen-bond acceptors (Lipinski definition) is 0. The molecule has 0 nitrogen and oxygen atoms in total. The molecule has 3 rings (SSSR count). The van der Waals surface area contributed by atoms with Crippen molar-refractivity contribution in [1.29, 1.82) is 0 Å². The van der Waals surface area contributed by atoms with Crippen LogP contribution < -0.4 is 0 Å². The van der Waals surface area contributed by atoms with Gasteiger partial charge in [-0.05, 0) is 64.2 Å². The molecule has 0 bridgehead atoms. The van der Waals surface area contributed by atoms with Crippen LogP contribution in [0.4, 0.5) is 0 Å². The minimum absolute atomic E-state index is 0.259. The van der Waals surface area contributed by atoms with Crippen molar-refractivity contribution in [2.24, 2.45) is 0 Å². The van der Waals surface area contributed by atoms with E-state index in [0.29, 0.717) is 5.41 Å². The Kier molecular flexibility index (Phi) is 3.74. The van der Waals surface area contributed by atoms with E-state index >= 15 is 0 Å². The topological polar surface area (TPSA) is 0 Å². The minimum atomic E-state index is 0.259. The average Bonchev–Trinajstić information content (AvgIpc) is 2.76. The van der Waals surface area contributed by atoms with E-state index in [4.69, 9.17) is 0 Å². The summed E-state index contributed by atoms with van der Waals surface area (Å²) in [7, 11) is 0. The van der Waals surface area contributed by atoms with Crippen LogP contribution in [0.2, 0.25) is 0 Å². The third-order valence-electron chi connectivity index (χ3n) is 6.12. The molecular weight excluding hydrogens is 264 g/mol. The van der Waals surface area contributed by atoms with Crippen molar-refractivity contribution in [2.75, 3.05) is 0 Å². The molecule has 0 aliphatic heterocycles. The van der Waals surface area contributed by atoms with Crippen molar-refractivity contribution in [2.45, 2.75) is 103 Å². The van der Waals surface area contributed by atoms with Gasteiger partial charge in [-0.25, -0.2) is 0 Å². The maximum atomic E-state index is 2.47. The zero-order valence-corrected chi connectivity index (χ0v) is 15.6. The van der Waals surface area contributed by atoms with Crippen molar-refractivity contribution in [3.8, 4) is 0 Å². The van der Waals surface area contributed by atoms with Gasteiger partial charge < -0.3 is 0 Å². The lowest BCUT2D eigenvalue weighted by molar-refractivity contribution is 0.288. The first-order chi connectivity index (χ1) is 10.2. The molecule has 1 fully saturated rings. The summed E-state index contributed by atoms with van der Waals surface area (Å²) in [5.74, 6) is 0. The molecule has 0 saturated heterocycles. The summed E-state index contributed by atoms with van der Waals surface area (Å²) in [5, 5.41) is 0. The Morgan fingerprint density at radius 3 is 1.82 bits per heavy atom. The normalized spacial score (nSPS) is 21.2. The van der Waals surface area contributed by atoms with Crippen LogP contribution in [0.15, 0.2) is 12.1 Å². The van der Waals surface area contributed by atoms with Gasteiger partial charge in [-0.1, -0.05) is 72.9 Å². The van der Waals surface area contributed by atoms with E-state index in [9.17, 15) is 0 Å². The Bertz CT molecular complexity index is 557. The molecule has 0 heterocycles. The molecule has 0 amide bonds. The number of fused-ring (bicyclic) bond motifs is 2. The second-order valence-electron chi connectivity index (χ2n) is 9.86. The molecule has 122 valence electrons. The molecule has 1 spiro atoms. The summed E-state index contributed by atoms with van der Waals surface area (Å²) in [6.45, 7) is 14.3. The van der Waals surface area contributed by atoms with E-state index in [1.165, 1.54) is 44.9 Å². The van der Waals surface area contributed by atoms with Gasteiger partial charge in [0.05, 0.1) is 0 Å². The first kappa shape index (κ1) is 16.1. The molecule has 0 atom stereocenters. The van der Waals surface area contributed by atoms with Crippen LogP contribution >= 0.6 is 0 Å². The largest absolute Gasteiger partial charge is 0.0579 e. The molecule has 2 aliphatic rings. The predicted octanol–water partition coefficient (Wildman–Crippen LogP) is 6.43. The van der Waals surface area contributed by atoms with Gasteiger partial charge in [0.2, 0.25) is 0 Å². The average molecular weight is 299 g/mol. The summed E-state index contributed by atoms with van der Waals surface area (Å²) in [6, 6.07) is 4.92. The molecule has 1 aromatic carbocycles. The van der Waals surface area contributed by atoms with Crippen LogP contribution in [0, 0.1) is 0 Å². The molecule has 0 unspecified atom stereocenters. The zero-order chi connectivity index (χ0) is 16.2. The molecule has 1 saturated carbocycles. The summed E-state index contributed by atoms with van der Waals surface area (Å²) in [4.78, 5) is 0. The second kappa shape index (κ2) is 5.11. The van der Waals surface area contributed by atoms with Crippen LogP contribution in [-0.4, -0.2) is 0 Å². The van der Waals surface area contributed by atoms with Gasteiger partial charge in [-0.2, -0.15) is 0 Å². The van der Waals surface area contributed by atoms with E-state index in [1.807, 2.05) is 0 Å². The molecule has 0 aromatic heterocycles. The molecule has 0 heteroatoms. The Labute approximate surface area is 137 Å². The summed E-state index contributed by atoms with van der Waals surface area (Å²) in [6.07, 6.45) is 9.88. The van der Waals surface area contributed by atoms with Gasteiger partial charge in [0, 0.05) is 0 Å². The predicted molar refractivity (Wildman–Crippen MR) is 96.9 cm³/mol. The SMILES string of the molecule is CC(C)(C)c1ccc(C(C)(C)C)c2c1CCC21CCCCC1. The molecular formula is C22H34. The highest BCUT2D eigenvalue weighted by molar-refractivity contribution is 5.53. The third-order valence-corrected chi connectivity index (χ3v) is 6.12. The highest BCUT2D eigenvalue weighted by Gasteiger charge is 2.44. The highest BCUT2D eigenvalue weighted by atomic mass is 14.5. The van der Waals surface area contributed by atoms with Crippen LogP contribution in [-0.2, 0) is 22.7 Å². The van der Waals surface area contributed by atoms with E-state index in [1.54, 1.807) is 22.3 Å². The van der Waals surface area contributed by atoms with Crippen molar-refractivity contribution in [3.05, 3.63) is 34.4 Å². The summed E-state index contributed by atoms with van der Waals surface area (Å²) < 4.78 is 0. The zero-order valence-electron chi connectivity index (χ0n) is 15.6. The van der Waals surface area contributed by atoms with E-state index < -0.39 is 0 Å². The van der Waals surface area contributed by atoms with Gasteiger partial charge >= 0.3 is 0 Å². The maximum absolute atomic E-state index is 2.47. The van der Waals surface area contributed by atoms with Crippen molar-refractivity contribution in [3.63, 3.8) is 0 Å². The van der Waals surface area contributed by atoms with Crippen LogP contribution in [0.1, 0.15) is 102 Å². The quantitative estimate of drug-likeness (QED) is 0.517. The van der Waals surface area contributed by atoms with Crippen LogP contribution in [0.5, 0.6) is 0 Å². The van der Waals surface area contributed by atoms with E-state index in [-0.39, 0.29) is 10.8 Å². The number of hydrogen-bond donors (Lipinski definition) is 0. The van der Waals surface area contributed by atoms with E-state index in [0.717, 1.165) is 0 Å². The fraction of sp³-hybridized carbons (Fsp3) is 0.727. The fourth-order valence-corrected chi connectivity index (χ4v) is 5.06. The van der Waals surface area contributed by atoms with Gasteiger partial charge in [0.25, 0.3) is 0 Å². The Morgan fingerprint density at radius 2 is 1.27 bits per heavy atom. The second-order valence-corrected chi connectivity index (χ2v) is 9.86. The van der Waals surface area contributed by atoms with E-state index in [2.05, 4.69) is 53.7 Å². The van der Waals surface area contributed by atoms with Gasteiger partial charge in [0.1, 0.15) is 0 Å². The monoisotopic (exact) mass is 298 g/mol. The minimum Gasteiger partial charge on any atom is -0.0579 e. The summed E-state index contributed by atoms with van der Waals surface area (Å²) in [5.41, 5.74) is 7.79. The standard InChI is InChI=1S/C22H34/c1-20(2,3)17-10-11-18(21(4,5)6)19-16(17)12-15-22(19)13-8-7-9-14-22/h10-11H,7-9,12-15H2,1-6H3. The smallest absolute Gasteiger partial charge is 0.00380 e. The first-order valence-electron chi connectivity index (χ1n) is 9.32. The first-order valence-corrected chi connectivity index (χ1v) is 9.32. The third kappa shape index (κ3) is 2.53. The highest BCUT2D eigenvalue weighted by Crippen LogP contribution is 2.53. The fourth-order valence-electron chi connectivity index (χ4n) is 5.06. The van der Waals surface area contributed by atoms with Crippen LogP contribution in [0.25, 0.3) is 0 Å². The lowest BCUT2D eigenvalue weighted by Gasteiger charge is -2.39. The molecule has 0 radical (unpaired) electrons. The Hall–Kier alpha value is -0.780. The number of benzene rings is 1. The van der Waals surface area contributed by atoms with Crippen LogP contribution in [0.3, 0.4) is 0 Å². The summed E-state index contributed by atoms with van der Waals surface area (Å²) >= 11 is 0. The van der Waals surface area contributed by atoms with Crippen molar-refractivity contribution in [1.82, 2.24) is 0 Å². The lowest BCUT2D eigenvalue weighted by atomic mass is 9.65. The van der Waals surface area contributed by atoms with Gasteiger partial charge in [0.15, 0.2) is 0 Å². The maximum Gasteiger partial charge on any atom is -0.00380 e. The van der Waals surface area contributed by atoms with Crippen molar-refractivity contribution >= 4 is 0 Å². The Morgan fingerprint density at radius 1 is 0.727 bits per heavy atom. The lowest BCUT2D eigenvalue weighted by Crippen LogP contribution is -2.30. The molecule has 0 N–H and O–H groups in total. The molecule has 2 aliphatic carbocycles. The van der Waals surface area contributed by atoms with Gasteiger partial charge in [-0.15, -0.1) is 0 Å².